The minimum atomic E-state index is -3.69. The van der Waals surface area contributed by atoms with E-state index < -0.39 is 16.2 Å². The van der Waals surface area contributed by atoms with E-state index in [1.807, 2.05) is 6.92 Å². The molecule has 0 aliphatic rings. The fourth-order valence-electron chi connectivity index (χ4n) is 1.35. The zero-order valence-corrected chi connectivity index (χ0v) is 11.7. The molecule has 8 heteroatoms. The third kappa shape index (κ3) is 5.76. The summed E-state index contributed by atoms with van der Waals surface area (Å²) in [5, 5.41) is 17.4. The summed E-state index contributed by atoms with van der Waals surface area (Å²) in [5.41, 5.74) is 0. The summed E-state index contributed by atoms with van der Waals surface area (Å²) in [7, 11) is -2.35. The Balaban J connectivity index is 4.64. The molecule has 0 atom stereocenters. The second-order valence-corrected chi connectivity index (χ2v) is 5.98. The van der Waals surface area contributed by atoms with Crippen molar-refractivity contribution in [1.82, 2.24) is 8.61 Å². The lowest BCUT2D eigenvalue weighted by atomic mass is 10.3. The number of rotatable bonds is 10. The summed E-state index contributed by atoms with van der Waals surface area (Å²) in [4.78, 5) is 10.4. The molecule has 0 fully saturated rings. The molecule has 108 valence electrons. The van der Waals surface area contributed by atoms with Crippen LogP contribution in [-0.4, -0.2) is 66.5 Å². The number of nitrogens with zero attached hydrogens (tertiary/aromatic N) is 2. The number of carbonyl (C=O) groups is 1. The molecule has 0 aromatic heterocycles. The lowest BCUT2D eigenvalue weighted by molar-refractivity contribution is -0.137. The molecule has 0 spiro atoms. The minimum Gasteiger partial charge on any atom is -0.481 e. The summed E-state index contributed by atoms with van der Waals surface area (Å²) in [6.07, 6.45) is 1.30. The molecule has 0 aliphatic carbocycles. The van der Waals surface area contributed by atoms with Gasteiger partial charge < -0.3 is 10.2 Å². The SMILES string of the molecule is CCCCN(CCO)S(=O)(=O)N(C)CCC(=O)O. The highest BCUT2D eigenvalue weighted by Gasteiger charge is 2.26. The predicted octanol–water partition coefficient (Wildman–Crippen LogP) is -0.268. The van der Waals surface area contributed by atoms with Crippen molar-refractivity contribution in [2.45, 2.75) is 26.2 Å². The maximum absolute atomic E-state index is 12.1. The van der Waals surface area contributed by atoms with Gasteiger partial charge in [0.25, 0.3) is 10.2 Å². The fraction of sp³-hybridized carbons (Fsp3) is 0.900. The van der Waals surface area contributed by atoms with Crippen LogP contribution in [-0.2, 0) is 15.0 Å². The molecule has 0 aromatic rings. The molecule has 0 radical (unpaired) electrons. The molecule has 0 rings (SSSR count). The van der Waals surface area contributed by atoms with Gasteiger partial charge in [0.05, 0.1) is 13.0 Å². The first-order valence-electron chi connectivity index (χ1n) is 5.90. The molecule has 0 unspecified atom stereocenters. The predicted molar refractivity (Wildman–Crippen MR) is 67.4 cm³/mol. The van der Waals surface area contributed by atoms with E-state index in [1.165, 1.54) is 11.4 Å². The molecule has 7 nitrogen and oxygen atoms in total. The Morgan fingerprint density at radius 3 is 2.28 bits per heavy atom. The van der Waals surface area contributed by atoms with Crippen molar-refractivity contribution >= 4 is 16.2 Å². The number of hydrogen-bond donors (Lipinski definition) is 2. The number of unbranched alkanes of at least 4 members (excludes halogenated alkanes) is 1. The van der Waals surface area contributed by atoms with Crippen LogP contribution in [0.3, 0.4) is 0 Å². The van der Waals surface area contributed by atoms with Crippen molar-refractivity contribution < 1.29 is 23.4 Å². The Labute approximate surface area is 108 Å². The van der Waals surface area contributed by atoms with E-state index in [2.05, 4.69) is 0 Å². The van der Waals surface area contributed by atoms with Crippen LogP contribution in [0.4, 0.5) is 0 Å². The van der Waals surface area contributed by atoms with Gasteiger partial charge in [-0.05, 0) is 6.42 Å². The van der Waals surface area contributed by atoms with Crippen LogP contribution >= 0.6 is 0 Å². The third-order valence-corrected chi connectivity index (χ3v) is 4.46. The minimum absolute atomic E-state index is 0.0275. The average Bonchev–Trinajstić information content (AvgIpc) is 2.30. The normalized spacial score (nSPS) is 12.3. The Bertz CT molecular complexity index is 344. The second-order valence-electron chi connectivity index (χ2n) is 3.95. The van der Waals surface area contributed by atoms with E-state index in [0.717, 1.165) is 10.7 Å². The van der Waals surface area contributed by atoms with Crippen LogP contribution in [0, 0.1) is 0 Å². The Morgan fingerprint density at radius 1 is 1.22 bits per heavy atom. The van der Waals surface area contributed by atoms with Crippen molar-refractivity contribution in [3.8, 4) is 0 Å². The van der Waals surface area contributed by atoms with Crippen molar-refractivity contribution in [2.24, 2.45) is 0 Å². The highest BCUT2D eigenvalue weighted by molar-refractivity contribution is 7.86. The third-order valence-electron chi connectivity index (χ3n) is 2.47. The zero-order chi connectivity index (χ0) is 14.2. The van der Waals surface area contributed by atoms with Crippen LogP contribution < -0.4 is 0 Å². The molecule has 0 heterocycles. The standard InChI is InChI=1S/C10H22N2O5S/c1-3-4-6-12(8-9-13)18(16,17)11(2)7-5-10(14)15/h13H,3-9H2,1-2H3,(H,14,15). The Morgan fingerprint density at radius 2 is 1.83 bits per heavy atom. The first kappa shape index (κ1) is 17.3. The average molecular weight is 282 g/mol. The van der Waals surface area contributed by atoms with Gasteiger partial charge in [-0.2, -0.15) is 17.0 Å². The number of carboxylic acid groups (broad SMARTS) is 1. The van der Waals surface area contributed by atoms with Crippen molar-refractivity contribution in [3.63, 3.8) is 0 Å². The Kier molecular flexibility index (Phi) is 8.08. The maximum atomic E-state index is 12.1. The lowest BCUT2D eigenvalue weighted by Crippen LogP contribution is -2.44. The topological polar surface area (TPSA) is 98.2 Å². The quantitative estimate of drug-likeness (QED) is 0.575. The maximum Gasteiger partial charge on any atom is 0.304 e. The van der Waals surface area contributed by atoms with Gasteiger partial charge in [0.2, 0.25) is 0 Å². The van der Waals surface area contributed by atoms with Gasteiger partial charge in [0, 0.05) is 26.7 Å². The van der Waals surface area contributed by atoms with Crippen molar-refractivity contribution in [2.75, 3.05) is 33.3 Å². The van der Waals surface area contributed by atoms with Gasteiger partial charge in [0.15, 0.2) is 0 Å². The molecule has 2 N–H and O–H groups in total. The van der Waals surface area contributed by atoms with E-state index in [0.29, 0.717) is 13.0 Å². The molecule has 0 amide bonds. The summed E-state index contributed by atoms with van der Waals surface area (Å²) < 4.78 is 26.4. The monoisotopic (exact) mass is 282 g/mol. The highest BCUT2D eigenvalue weighted by atomic mass is 32.2. The van der Waals surface area contributed by atoms with Gasteiger partial charge in [-0.3, -0.25) is 4.79 Å². The molecular formula is C10H22N2O5S. The van der Waals surface area contributed by atoms with Crippen LogP contribution in [0.1, 0.15) is 26.2 Å². The first-order valence-corrected chi connectivity index (χ1v) is 7.30. The van der Waals surface area contributed by atoms with Crippen molar-refractivity contribution in [3.05, 3.63) is 0 Å². The van der Waals surface area contributed by atoms with Crippen LogP contribution in [0.15, 0.2) is 0 Å². The van der Waals surface area contributed by atoms with Crippen molar-refractivity contribution in [1.29, 1.82) is 0 Å². The number of aliphatic hydroxyl groups is 1. The van der Waals surface area contributed by atoms with Gasteiger partial charge in [-0.15, -0.1) is 0 Å². The van der Waals surface area contributed by atoms with Crippen LogP contribution in [0.2, 0.25) is 0 Å². The smallest absolute Gasteiger partial charge is 0.304 e. The molecule has 0 aromatic carbocycles. The molecule has 0 saturated heterocycles. The summed E-state index contributed by atoms with van der Waals surface area (Å²) in [5.74, 6) is -1.04. The fourth-order valence-corrected chi connectivity index (χ4v) is 2.74. The number of carboxylic acids is 1. The summed E-state index contributed by atoms with van der Waals surface area (Å²) >= 11 is 0. The van der Waals surface area contributed by atoms with E-state index >= 15 is 0 Å². The van der Waals surface area contributed by atoms with E-state index in [4.69, 9.17) is 10.2 Å². The van der Waals surface area contributed by atoms with Gasteiger partial charge in [0.1, 0.15) is 0 Å². The summed E-state index contributed by atoms with van der Waals surface area (Å²) in [6.45, 7) is 1.97. The molecule has 0 aliphatic heterocycles. The Hall–Kier alpha value is -0.700. The van der Waals surface area contributed by atoms with Crippen LogP contribution in [0.25, 0.3) is 0 Å². The molecule has 0 bridgehead atoms. The van der Waals surface area contributed by atoms with E-state index in [1.54, 1.807) is 0 Å². The van der Waals surface area contributed by atoms with Gasteiger partial charge in [-0.1, -0.05) is 13.3 Å². The van der Waals surface area contributed by atoms with Gasteiger partial charge in [-0.25, -0.2) is 0 Å². The number of aliphatic carboxylic acids is 1. The summed E-state index contributed by atoms with van der Waals surface area (Å²) in [6, 6.07) is 0. The zero-order valence-electron chi connectivity index (χ0n) is 10.9. The second kappa shape index (κ2) is 8.41. The highest BCUT2D eigenvalue weighted by Crippen LogP contribution is 2.08. The molecule has 0 saturated carbocycles. The number of aliphatic hydroxyl groups excluding tert-OH is 1. The van der Waals surface area contributed by atoms with E-state index in [-0.39, 0.29) is 26.1 Å². The lowest BCUT2D eigenvalue weighted by Gasteiger charge is -2.26. The van der Waals surface area contributed by atoms with Gasteiger partial charge >= 0.3 is 5.97 Å². The van der Waals surface area contributed by atoms with E-state index in [9.17, 15) is 13.2 Å². The number of hydrogen-bond acceptors (Lipinski definition) is 4. The van der Waals surface area contributed by atoms with Crippen LogP contribution in [0.5, 0.6) is 0 Å². The largest absolute Gasteiger partial charge is 0.481 e. The molecular weight excluding hydrogens is 260 g/mol. The first-order chi connectivity index (χ1) is 8.36. The molecule has 18 heavy (non-hydrogen) atoms.